The molecule has 0 heterocycles. The van der Waals surface area contributed by atoms with Crippen molar-refractivity contribution in [2.45, 2.75) is 43.9 Å². The first-order valence-electron chi connectivity index (χ1n) is 7.42. The minimum atomic E-state index is -0.00852. The lowest BCUT2D eigenvalue weighted by molar-refractivity contribution is -0.115. The molecule has 1 saturated carbocycles. The summed E-state index contributed by atoms with van der Waals surface area (Å²) in [4.78, 5) is 12.1. The van der Waals surface area contributed by atoms with Crippen molar-refractivity contribution in [1.29, 1.82) is 0 Å². The van der Waals surface area contributed by atoms with Gasteiger partial charge in [-0.15, -0.1) is 0 Å². The van der Waals surface area contributed by atoms with Gasteiger partial charge >= 0.3 is 0 Å². The fourth-order valence-electron chi connectivity index (χ4n) is 2.76. The third-order valence-electron chi connectivity index (χ3n) is 4.00. The Bertz CT molecular complexity index is 495. The Kier molecular flexibility index (Phi) is 6.40. The maximum atomic E-state index is 12.1. The lowest BCUT2D eigenvalue weighted by Gasteiger charge is -2.30. The molecule has 2 atom stereocenters. The van der Waals surface area contributed by atoms with Gasteiger partial charge in [0.2, 0.25) is 5.91 Å². The zero-order valence-electron chi connectivity index (χ0n) is 12.6. The summed E-state index contributed by atoms with van der Waals surface area (Å²) >= 11 is 7.87. The summed E-state index contributed by atoms with van der Waals surface area (Å²) in [5.41, 5.74) is 1.81. The molecule has 0 bridgehead atoms. The number of anilines is 1. The van der Waals surface area contributed by atoms with Crippen LogP contribution < -0.4 is 10.6 Å². The second-order valence-electron chi connectivity index (χ2n) is 5.55. The van der Waals surface area contributed by atoms with Gasteiger partial charge in [-0.25, -0.2) is 0 Å². The van der Waals surface area contributed by atoms with Gasteiger partial charge in [0.25, 0.3) is 0 Å². The van der Waals surface area contributed by atoms with E-state index in [9.17, 15) is 4.79 Å². The van der Waals surface area contributed by atoms with Gasteiger partial charge in [-0.2, -0.15) is 11.8 Å². The molecule has 116 valence electrons. The number of rotatable bonds is 5. The number of aryl methyl sites for hydroxylation is 1. The quantitative estimate of drug-likeness (QED) is 0.863. The van der Waals surface area contributed by atoms with Gasteiger partial charge in [-0.1, -0.05) is 30.5 Å². The summed E-state index contributed by atoms with van der Waals surface area (Å²) in [5.74, 6) is -0.00852. The van der Waals surface area contributed by atoms with Crippen molar-refractivity contribution in [3.05, 3.63) is 28.8 Å². The molecule has 1 amide bonds. The van der Waals surface area contributed by atoms with Gasteiger partial charge in [-0.05, 0) is 43.7 Å². The first-order valence-corrected chi connectivity index (χ1v) is 9.09. The van der Waals surface area contributed by atoms with E-state index in [1.54, 1.807) is 6.07 Å². The van der Waals surface area contributed by atoms with Crippen LogP contribution in [0.5, 0.6) is 0 Å². The molecule has 1 aromatic carbocycles. The van der Waals surface area contributed by atoms with Crippen LogP contribution in [0.25, 0.3) is 0 Å². The molecule has 2 N–H and O–H groups in total. The first-order chi connectivity index (χ1) is 10.1. The maximum Gasteiger partial charge on any atom is 0.238 e. The van der Waals surface area contributed by atoms with Gasteiger partial charge in [0.05, 0.1) is 6.54 Å². The van der Waals surface area contributed by atoms with Gasteiger partial charge in [0, 0.05) is 22.0 Å². The molecule has 21 heavy (non-hydrogen) atoms. The van der Waals surface area contributed by atoms with Crippen molar-refractivity contribution in [3.8, 4) is 0 Å². The van der Waals surface area contributed by atoms with E-state index in [-0.39, 0.29) is 5.91 Å². The van der Waals surface area contributed by atoms with E-state index < -0.39 is 0 Å². The third-order valence-corrected chi connectivity index (χ3v) is 5.41. The average Bonchev–Trinajstić information content (AvgIpc) is 2.49. The molecule has 0 spiro atoms. The Morgan fingerprint density at radius 1 is 1.38 bits per heavy atom. The van der Waals surface area contributed by atoms with Crippen LogP contribution >= 0.6 is 23.4 Å². The van der Waals surface area contributed by atoms with Crippen molar-refractivity contribution in [2.24, 2.45) is 0 Å². The maximum absolute atomic E-state index is 12.1. The SMILES string of the molecule is CSC1CCCCC1NCC(=O)Nc1cc(Cl)ccc1C. The van der Waals surface area contributed by atoms with Crippen LogP contribution in [-0.4, -0.2) is 30.0 Å². The number of amides is 1. The summed E-state index contributed by atoms with van der Waals surface area (Å²) in [6.45, 7) is 2.32. The molecule has 2 unspecified atom stereocenters. The summed E-state index contributed by atoms with van der Waals surface area (Å²) in [5, 5.41) is 7.60. The van der Waals surface area contributed by atoms with Crippen molar-refractivity contribution >= 4 is 35.0 Å². The number of hydrogen-bond donors (Lipinski definition) is 2. The lowest BCUT2D eigenvalue weighted by atomic mass is 9.95. The minimum Gasteiger partial charge on any atom is -0.325 e. The van der Waals surface area contributed by atoms with Crippen LogP contribution in [0, 0.1) is 6.92 Å². The van der Waals surface area contributed by atoms with Crippen LogP contribution in [0.15, 0.2) is 18.2 Å². The summed E-state index contributed by atoms with van der Waals surface area (Å²) in [6.07, 6.45) is 7.12. The predicted molar refractivity (Wildman–Crippen MR) is 92.4 cm³/mol. The van der Waals surface area contributed by atoms with Crippen molar-refractivity contribution in [3.63, 3.8) is 0 Å². The second-order valence-corrected chi connectivity index (χ2v) is 7.07. The zero-order valence-corrected chi connectivity index (χ0v) is 14.2. The summed E-state index contributed by atoms with van der Waals surface area (Å²) < 4.78 is 0. The average molecular weight is 327 g/mol. The normalized spacial score (nSPS) is 22.0. The largest absolute Gasteiger partial charge is 0.325 e. The monoisotopic (exact) mass is 326 g/mol. The molecule has 0 radical (unpaired) electrons. The number of carbonyl (C=O) groups excluding carboxylic acids is 1. The van der Waals surface area contributed by atoms with Crippen molar-refractivity contribution in [2.75, 3.05) is 18.1 Å². The highest BCUT2D eigenvalue weighted by molar-refractivity contribution is 7.99. The highest BCUT2D eigenvalue weighted by Crippen LogP contribution is 2.27. The standard InChI is InChI=1S/C16H23ClN2OS/c1-11-7-8-12(17)9-14(11)19-16(20)10-18-13-5-3-4-6-15(13)21-2/h7-9,13,15,18H,3-6,10H2,1-2H3,(H,19,20). The van der Waals surface area contributed by atoms with Crippen LogP contribution in [0.4, 0.5) is 5.69 Å². The Morgan fingerprint density at radius 2 is 2.14 bits per heavy atom. The Labute approximate surface area is 136 Å². The van der Waals surface area contributed by atoms with E-state index in [4.69, 9.17) is 11.6 Å². The first kappa shape index (κ1) is 16.7. The molecule has 1 aromatic rings. The molecule has 1 aliphatic carbocycles. The topological polar surface area (TPSA) is 41.1 Å². The number of thioether (sulfide) groups is 1. The number of carbonyl (C=O) groups is 1. The molecular weight excluding hydrogens is 304 g/mol. The summed E-state index contributed by atoms with van der Waals surface area (Å²) in [6, 6.07) is 5.98. The fourth-order valence-corrected chi connectivity index (χ4v) is 3.89. The zero-order chi connectivity index (χ0) is 15.2. The van der Waals surface area contributed by atoms with E-state index in [1.807, 2.05) is 30.8 Å². The summed E-state index contributed by atoms with van der Waals surface area (Å²) in [7, 11) is 0. The highest BCUT2D eigenvalue weighted by Gasteiger charge is 2.24. The van der Waals surface area contributed by atoms with E-state index in [0.29, 0.717) is 22.9 Å². The molecular formula is C16H23ClN2OS. The van der Waals surface area contributed by atoms with Crippen molar-refractivity contribution < 1.29 is 4.79 Å². The fraction of sp³-hybridized carbons (Fsp3) is 0.562. The van der Waals surface area contributed by atoms with Gasteiger partial charge in [-0.3, -0.25) is 4.79 Å². The van der Waals surface area contributed by atoms with Gasteiger partial charge in [0.15, 0.2) is 0 Å². The second kappa shape index (κ2) is 8.06. The van der Waals surface area contributed by atoms with E-state index in [2.05, 4.69) is 16.9 Å². The number of benzene rings is 1. The van der Waals surface area contributed by atoms with Crippen LogP contribution in [0.1, 0.15) is 31.2 Å². The van der Waals surface area contributed by atoms with Crippen LogP contribution in [0.2, 0.25) is 5.02 Å². The van der Waals surface area contributed by atoms with Gasteiger partial charge in [0.1, 0.15) is 0 Å². The predicted octanol–water partition coefficient (Wildman–Crippen LogP) is 3.85. The molecule has 0 aliphatic heterocycles. The highest BCUT2D eigenvalue weighted by atomic mass is 35.5. The smallest absolute Gasteiger partial charge is 0.238 e. The Morgan fingerprint density at radius 3 is 2.90 bits per heavy atom. The number of halogens is 1. The molecule has 1 fully saturated rings. The van der Waals surface area contributed by atoms with Crippen LogP contribution in [0.3, 0.4) is 0 Å². The van der Waals surface area contributed by atoms with Crippen LogP contribution in [-0.2, 0) is 4.79 Å². The third kappa shape index (κ3) is 4.90. The van der Waals surface area contributed by atoms with E-state index in [1.165, 1.54) is 19.3 Å². The van der Waals surface area contributed by atoms with Crippen molar-refractivity contribution in [1.82, 2.24) is 5.32 Å². The Hall–Kier alpha value is -0.710. The molecule has 3 nitrogen and oxygen atoms in total. The molecule has 1 aliphatic rings. The van der Waals surface area contributed by atoms with E-state index in [0.717, 1.165) is 17.7 Å². The lowest BCUT2D eigenvalue weighted by Crippen LogP contribution is -2.43. The van der Waals surface area contributed by atoms with E-state index >= 15 is 0 Å². The Balaban J connectivity index is 1.85. The molecule has 2 rings (SSSR count). The molecule has 0 saturated heterocycles. The molecule has 5 heteroatoms. The molecule has 0 aromatic heterocycles. The minimum absolute atomic E-state index is 0.00852. The number of hydrogen-bond acceptors (Lipinski definition) is 3. The van der Waals surface area contributed by atoms with Gasteiger partial charge < -0.3 is 10.6 Å². The number of nitrogens with one attached hydrogen (secondary N) is 2.